The molecule has 16 heavy (non-hydrogen) atoms. The molecule has 1 unspecified atom stereocenters. The molecule has 3 heteroatoms. The van der Waals surface area contributed by atoms with Gasteiger partial charge in [-0.2, -0.15) is 0 Å². The zero-order valence-corrected chi connectivity index (χ0v) is 10.1. The van der Waals surface area contributed by atoms with Gasteiger partial charge in [-0.05, 0) is 18.8 Å². The highest BCUT2D eigenvalue weighted by Crippen LogP contribution is 1.89. The Morgan fingerprint density at radius 1 is 1.31 bits per heavy atom. The Bertz CT molecular complexity index is 314. The molecule has 0 aliphatic heterocycles. The average Bonchev–Trinajstić information content (AvgIpc) is 2.26. The minimum Gasteiger partial charge on any atom is -0.345 e. The maximum absolute atomic E-state index is 11.1. The minimum absolute atomic E-state index is 0.219. The first kappa shape index (κ1) is 14.6. The lowest BCUT2D eigenvalue weighted by Crippen LogP contribution is -2.17. The van der Waals surface area contributed by atoms with E-state index in [4.69, 9.17) is 5.73 Å². The molecule has 0 aliphatic carbocycles. The molecule has 0 heterocycles. The summed E-state index contributed by atoms with van der Waals surface area (Å²) in [5, 5.41) is 2.85. The number of hydrogen-bond acceptors (Lipinski definition) is 3. The molecule has 0 radical (unpaired) electrons. The third kappa shape index (κ3) is 9.12. The van der Waals surface area contributed by atoms with Crippen molar-refractivity contribution in [3.8, 4) is 23.8 Å². The van der Waals surface area contributed by atoms with E-state index in [2.05, 4.69) is 36.0 Å². The third-order valence-corrected chi connectivity index (χ3v) is 1.89. The molecule has 0 saturated heterocycles. The van der Waals surface area contributed by atoms with Gasteiger partial charge in [0.1, 0.15) is 0 Å². The van der Waals surface area contributed by atoms with Crippen LogP contribution >= 0.6 is 0 Å². The SMILES string of the molecule is CCCCNC#CC(=O)C#CC(N)CCC. The van der Waals surface area contributed by atoms with Crippen molar-refractivity contribution in [2.75, 3.05) is 6.54 Å². The second-order valence-corrected chi connectivity index (χ2v) is 3.52. The summed E-state index contributed by atoms with van der Waals surface area (Å²) < 4.78 is 0. The number of nitrogens with one attached hydrogen (secondary N) is 1. The van der Waals surface area contributed by atoms with Crippen LogP contribution in [0.3, 0.4) is 0 Å². The lowest BCUT2D eigenvalue weighted by molar-refractivity contribution is -0.108. The van der Waals surface area contributed by atoms with Crippen molar-refractivity contribution in [2.45, 2.75) is 45.6 Å². The van der Waals surface area contributed by atoms with Crippen LogP contribution in [0.15, 0.2) is 0 Å². The van der Waals surface area contributed by atoms with E-state index in [1.165, 1.54) is 0 Å². The van der Waals surface area contributed by atoms with Crippen molar-refractivity contribution in [3.63, 3.8) is 0 Å². The number of carbonyl (C=O) groups is 1. The molecule has 0 amide bonds. The van der Waals surface area contributed by atoms with E-state index >= 15 is 0 Å². The molecule has 3 N–H and O–H groups in total. The molecule has 3 nitrogen and oxygen atoms in total. The highest BCUT2D eigenvalue weighted by molar-refractivity contribution is 6.08. The second kappa shape index (κ2) is 10.1. The van der Waals surface area contributed by atoms with Crippen molar-refractivity contribution in [1.29, 1.82) is 0 Å². The number of rotatable bonds is 5. The standard InChI is InChI=1S/C13H20N2O/c1-3-5-10-15-11-9-13(16)8-7-12(14)6-4-2/h12,15H,3-6,10,14H2,1-2H3. The molecule has 0 aromatic rings. The van der Waals surface area contributed by atoms with Crippen molar-refractivity contribution in [3.05, 3.63) is 0 Å². The van der Waals surface area contributed by atoms with E-state index in [1.54, 1.807) is 0 Å². The van der Waals surface area contributed by atoms with Crippen LogP contribution in [-0.2, 0) is 4.79 Å². The summed E-state index contributed by atoms with van der Waals surface area (Å²) in [7, 11) is 0. The Hall–Kier alpha value is -1.45. The highest BCUT2D eigenvalue weighted by atomic mass is 16.1. The highest BCUT2D eigenvalue weighted by Gasteiger charge is 1.94. The van der Waals surface area contributed by atoms with Gasteiger partial charge in [-0.3, -0.25) is 4.79 Å². The van der Waals surface area contributed by atoms with Crippen LogP contribution in [0.2, 0.25) is 0 Å². The number of unbranched alkanes of at least 4 members (excludes halogenated alkanes) is 1. The number of Topliss-reactive ketones (excluding diaryl/α,β-unsaturated/α-hetero) is 1. The van der Waals surface area contributed by atoms with Crippen LogP contribution in [-0.4, -0.2) is 18.4 Å². The molecular weight excluding hydrogens is 200 g/mol. The fourth-order valence-electron chi connectivity index (χ4n) is 1.00. The van der Waals surface area contributed by atoms with Gasteiger partial charge >= 0.3 is 0 Å². The molecular formula is C13H20N2O. The number of carbonyl (C=O) groups excluding carboxylic acids is 1. The van der Waals surface area contributed by atoms with Crippen molar-refractivity contribution in [1.82, 2.24) is 5.32 Å². The molecule has 0 spiro atoms. The zero-order chi connectivity index (χ0) is 12.2. The lowest BCUT2D eigenvalue weighted by Gasteiger charge is -1.97. The summed E-state index contributed by atoms with van der Waals surface area (Å²) in [4.78, 5) is 11.1. The topological polar surface area (TPSA) is 55.1 Å². The van der Waals surface area contributed by atoms with Gasteiger partial charge in [0.15, 0.2) is 0 Å². The Balaban J connectivity index is 3.87. The summed E-state index contributed by atoms with van der Waals surface area (Å²) in [5.41, 5.74) is 5.64. The Kier molecular flexibility index (Phi) is 9.17. The van der Waals surface area contributed by atoms with Gasteiger partial charge < -0.3 is 11.1 Å². The Labute approximate surface area is 98.2 Å². The number of ketones is 1. The second-order valence-electron chi connectivity index (χ2n) is 3.52. The predicted octanol–water partition coefficient (Wildman–Crippen LogP) is 1.04. The molecule has 0 aromatic heterocycles. The summed E-state index contributed by atoms with van der Waals surface area (Å²) in [5.74, 6) is 7.14. The summed E-state index contributed by atoms with van der Waals surface area (Å²) in [6.45, 7) is 4.93. The average molecular weight is 220 g/mol. The quantitative estimate of drug-likeness (QED) is 0.315. The van der Waals surface area contributed by atoms with Gasteiger partial charge in [0, 0.05) is 18.5 Å². The van der Waals surface area contributed by atoms with Crippen LogP contribution in [0.4, 0.5) is 0 Å². The zero-order valence-electron chi connectivity index (χ0n) is 10.1. The van der Waals surface area contributed by atoms with Crippen molar-refractivity contribution < 1.29 is 4.79 Å². The normalized spacial score (nSPS) is 10.4. The maximum atomic E-state index is 11.1. The maximum Gasteiger partial charge on any atom is 0.280 e. The molecule has 88 valence electrons. The third-order valence-electron chi connectivity index (χ3n) is 1.89. The van der Waals surface area contributed by atoms with Crippen LogP contribution in [0.25, 0.3) is 0 Å². The smallest absolute Gasteiger partial charge is 0.280 e. The first-order chi connectivity index (χ1) is 7.70. The van der Waals surface area contributed by atoms with E-state index < -0.39 is 0 Å². The Morgan fingerprint density at radius 2 is 2.06 bits per heavy atom. The van der Waals surface area contributed by atoms with E-state index in [0.717, 1.165) is 32.2 Å². The monoisotopic (exact) mass is 220 g/mol. The van der Waals surface area contributed by atoms with E-state index in [-0.39, 0.29) is 11.8 Å². The minimum atomic E-state index is -0.379. The molecule has 0 fully saturated rings. The van der Waals surface area contributed by atoms with Gasteiger partial charge in [-0.1, -0.05) is 32.6 Å². The van der Waals surface area contributed by atoms with Crippen molar-refractivity contribution >= 4 is 5.78 Å². The van der Waals surface area contributed by atoms with Gasteiger partial charge in [0.2, 0.25) is 0 Å². The molecule has 0 saturated carbocycles. The van der Waals surface area contributed by atoms with Crippen LogP contribution in [0.1, 0.15) is 39.5 Å². The van der Waals surface area contributed by atoms with Crippen LogP contribution < -0.4 is 11.1 Å². The molecule has 0 rings (SSSR count). The fraction of sp³-hybridized carbons (Fsp3) is 0.615. The van der Waals surface area contributed by atoms with E-state index in [9.17, 15) is 4.79 Å². The van der Waals surface area contributed by atoms with Crippen molar-refractivity contribution in [2.24, 2.45) is 5.73 Å². The predicted molar refractivity (Wildman–Crippen MR) is 66.4 cm³/mol. The van der Waals surface area contributed by atoms with E-state index in [1.807, 2.05) is 6.92 Å². The Morgan fingerprint density at radius 3 is 2.69 bits per heavy atom. The first-order valence-corrected chi connectivity index (χ1v) is 5.75. The van der Waals surface area contributed by atoms with E-state index in [0.29, 0.717) is 0 Å². The van der Waals surface area contributed by atoms with Gasteiger partial charge in [0.25, 0.3) is 5.78 Å². The van der Waals surface area contributed by atoms with Gasteiger partial charge in [-0.25, -0.2) is 0 Å². The van der Waals surface area contributed by atoms with Crippen LogP contribution in [0, 0.1) is 23.8 Å². The first-order valence-electron chi connectivity index (χ1n) is 5.75. The summed E-state index contributed by atoms with van der Waals surface area (Å²) in [6, 6.07) is 2.36. The number of nitrogens with two attached hydrogens (primary N) is 1. The fourth-order valence-corrected chi connectivity index (χ4v) is 1.00. The molecule has 0 aliphatic rings. The summed E-state index contributed by atoms with van der Waals surface area (Å²) in [6.07, 6.45) is 3.93. The van der Waals surface area contributed by atoms with Gasteiger partial charge in [0.05, 0.1) is 6.04 Å². The van der Waals surface area contributed by atoms with Gasteiger partial charge in [-0.15, -0.1) is 0 Å². The van der Waals surface area contributed by atoms with Crippen LogP contribution in [0.5, 0.6) is 0 Å². The molecule has 0 bridgehead atoms. The number of hydrogen-bond donors (Lipinski definition) is 2. The molecule has 1 atom stereocenters. The molecule has 0 aromatic carbocycles. The summed E-state index contributed by atoms with van der Waals surface area (Å²) >= 11 is 0. The largest absolute Gasteiger partial charge is 0.345 e. The lowest BCUT2D eigenvalue weighted by atomic mass is 10.2.